The van der Waals surface area contributed by atoms with E-state index in [-0.39, 0.29) is 12.5 Å². The van der Waals surface area contributed by atoms with E-state index < -0.39 is 0 Å². The average molecular weight is 396 g/mol. The van der Waals surface area contributed by atoms with Gasteiger partial charge in [0.15, 0.2) is 0 Å². The van der Waals surface area contributed by atoms with Gasteiger partial charge in [-0.05, 0) is 53.4 Å². The third-order valence-corrected chi connectivity index (χ3v) is 5.47. The van der Waals surface area contributed by atoms with Crippen LogP contribution in [-0.2, 0) is 6.61 Å². The lowest BCUT2D eigenvalue weighted by molar-refractivity contribution is 0.102. The molecular weight excluding hydrogens is 376 g/mol. The standard InChI is InChI=1S/C25H20N2O3/c1-30-18-8-10-23-22(13-18)19-9-7-15-11-21(16(14-28)12-20(15)24(19)27-23)25(29)26-17-5-3-2-4-6-17/h2-13,27-28H,14H2,1H3,(H,26,29). The maximum atomic E-state index is 12.9. The molecule has 4 aromatic carbocycles. The molecular formula is C25H20N2O3. The normalized spacial score (nSPS) is 11.3. The molecule has 0 saturated carbocycles. The number of nitrogens with one attached hydrogen (secondary N) is 2. The highest BCUT2D eigenvalue weighted by molar-refractivity contribution is 6.18. The summed E-state index contributed by atoms with van der Waals surface area (Å²) < 4.78 is 5.36. The number of carbonyl (C=O) groups is 1. The number of ether oxygens (including phenoxy) is 1. The summed E-state index contributed by atoms with van der Waals surface area (Å²) in [6.45, 7) is -0.224. The summed E-state index contributed by atoms with van der Waals surface area (Å²) in [5.41, 5.74) is 3.74. The molecule has 0 saturated heterocycles. The molecule has 1 heterocycles. The van der Waals surface area contributed by atoms with Gasteiger partial charge in [-0.1, -0.05) is 30.3 Å². The molecule has 5 nitrogen and oxygen atoms in total. The molecule has 0 radical (unpaired) electrons. The van der Waals surface area contributed by atoms with Gasteiger partial charge < -0.3 is 20.1 Å². The molecule has 0 spiro atoms. The SMILES string of the molecule is COc1ccc2[nH]c3c4cc(CO)c(C(=O)Nc5ccccc5)cc4ccc3c2c1. The molecule has 0 bridgehead atoms. The number of hydrogen-bond donors (Lipinski definition) is 3. The molecule has 0 aliphatic carbocycles. The third kappa shape index (κ3) is 2.96. The van der Waals surface area contributed by atoms with E-state index in [0.717, 1.165) is 38.3 Å². The molecule has 0 aliphatic heterocycles. The maximum Gasteiger partial charge on any atom is 0.256 e. The number of H-pyrrole nitrogens is 1. The van der Waals surface area contributed by atoms with Crippen molar-refractivity contribution in [2.75, 3.05) is 12.4 Å². The van der Waals surface area contributed by atoms with E-state index >= 15 is 0 Å². The maximum absolute atomic E-state index is 12.9. The Morgan fingerprint density at radius 3 is 2.57 bits per heavy atom. The fourth-order valence-electron chi connectivity index (χ4n) is 3.96. The highest BCUT2D eigenvalue weighted by atomic mass is 16.5. The smallest absolute Gasteiger partial charge is 0.256 e. The molecule has 0 atom stereocenters. The fraction of sp³-hybridized carbons (Fsp3) is 0.0800. The van der Waals surface area contributed by atoms with Crippen molar-refractivity contribution in [1.29, 1.82) is 0 Å². The Balaban J connectivity index is 1.67. The van der Waals surface area contributed by atoms with E-state index in [2.05, 4.69) is 10.3 Å². The predicted molar refractivity (Wildman–Crippen MR) is 120 cm³/mol. The Morgan fingerprint density at radius 2 is 1.80 bits per heavy atom. The van der Waals surface area contributed by atoms with Gasteiger partial charge in [-0.3, -0.25) is 4.79 Å². The quantitative estimate of drug-likeness (QED) is 0.389. The van der Waals surface area contributed by atoms with Crippen LogP contribution in [0.2, 0.25) is 0 Å². The van der Waals surface area contributed by atoms with Crippen LogP contribution < -0.4 is 10.1 Å². The predicted octanol–water partition coefficient (Wildman–Crippen LogP) is 5.23. The van der Waals surface area contributed by atoms with Crippen LogP contribution in [0.15, 0.2) is 72.8 Å². The van der Waals surface area contributed by atoms with Gasteiger partial charge in [0.05, 0.1) is 19.2 Å². The second-order valence-corrected chi connectivity index (χ2v) is 7.23. The minimum atomic E-state index is -0.242. The molecule has 3 N–H and O–H groups in total. The lowest BCUT2D eigenvalue weighted by Gasteiger charge is -2.11. The molecule has 0 unspecified atom stereocenters. The van der Waals surface area contributed by atoms with E-state index in [1.165, 1.54) is 0 Å². The largest absolute Gasteiger partial charge is 0.497 e. The minimum Gasteiger partial charge on any atom is -0.497 e. The number of rotatable bonds is 4. The summed E-state index contributed by atoms with van der Waals surface area (Å²) in [5.74, 6) is 0.557. The Bertz CT molecular complexity index is 1400. The van der Waals surface area contributed by atoms with Gasteiger partial charge in [-0.25, -0.2) is 0 Å². The van der Waals surface area contributed by atoms with E-state index in [4.69, 9.17) is 4.74 Å². The molecule has 5 aromatic rings. The number of carbonyl (C=O) groups excluding carboxylic acids is 1. The molecule has 1 amide bonds. The highest BCUT2D eigenvalue weighted by Crippen LogP contribution is 2.34. The van der Waals surface area contributed by atoms with Crippen LogP contribution in [0.4, 0.5) is 5.69 Å². The molecule has 148 valence electrons. The van der Waals surface area contributed by atoms with Gasteiger partial charge >= 0.3 is 0 Å². The van der Waals surface area contributed by atoms with E-state index in [1.54, 1.807) is 7.11 Å². The number of para-hydroxylation sites is 1. The van der Waals surface area contributed by atoms with Crippen LogP contribution in [0.25, 0.3) is 32.6 Å². The van der Waals surface area contributed by atoms with Gasteiger partial charge in [0.25, 0.3) is 5.91 Å². The number of aromatic amines is 1. The zero-order chi connectivity index (χ0) is 20.7. The molecule has 0 aliphatic rings. The van der Waals surface area contributed by atoms with Crippen molar-refractivity contribution in [3.63, 3.8) is 0 Å². The summed E-state index contributed by atoms with van der Waals surface area (Å²) >= 11 is 0. The van der Waals surface area contributed by atoms with Gasteiger partial charge in [-0.15, -0.1) is 0 Å². The Morgan fingerprint density at radius 1 is 0.967 bits per heavy atom. The first-order valence-electron chi connectivity index (χ1n) is 9.70. The number of amides is 1. The first-order valence-corrected chi connectivity index (χ1v) is 9.70. The van der Waals surface area contributed by atoms with Crippen molar-refractivity contribution in [2.45, 2.75) is 6.61 Å². The first kappa shape index (κ1) is 18.2. The van der Waals surface area contributed by atoms with Crippen molar-refractivity contribution in [3.8, 4) is 5.75 Å². The summed E-state index contributed by atoms with van der Waals surface area (Å²) in [7, 11) is 1.65. The number of methoxy groups -OCH3 is 1. The minimum absolute atomic E-state index is 0.224. The highest BCUT2D eigenvalue weighted by Gasteiger charge is 2.16. The lowest BCUT2D eigenvalue weighted by Crippen LogP contribution is -2.14. The molecule has 1 aromatic heterocycles. The van der Waals surface area contributed by atoms with E-state index in [1.807, 2.05) is 72.8 Å². The van der Waals surface area contributed by atoms with Gasteiger partial charge in [-0.2, -0.15) is 0 Å². The zero-order valence-corrected chi connectivity index (χ0v) is 16.4. The Hall–Kier alpha value is -3.83. The summed E-state index contributed by atoms with van der Waals surface area (Å²) in [6, 6.07) is 23.0. The number of fused-ring (bicyclic) bond motifs is 5. The number of aliphatic hydroxyl groups excluding tert-OH is 1. The molecule has 30 heavy (non-hydrogen) atoms. The molecule has 5 rings (SSSR count). The van der Waals surface area contributed by atoms with Crippen molar-refractivity contribution >= 4 is 44.2 Å². The van der Waals surface area contributed by atoms with E-state index in [9.17, 15) is 9.90 Å². The fourth-order valence-corrected chi connectivity index (χ4v) is 3.96. The zero-order valence-electron chi connectivity index (χ0n) is 16.4. The molecule has 5 heteroatoms. The van der Waals surface area contributed by atoms with Gasteiger partial charge in [0.2, 0.25) is 0 Å². The Kier molecular flexibility index (Phi) is 4.38. The molecule has 0 fully saturated rings. The topological polar surface area (TPSA) is 74.3 Å². The number of benzene rings is 4. The summed E-state index contributed by atoms with van der Waals surface area (Å²) in [5, 5.41) is 16.9. The number of aromatic nitrogens is 1. The van der Waals surface area contributed by atoms with Crippen molar-refractivity contribution < 1.29 is 14.6 Å². The second-order valence-electron chi connectivity index (χ2n) is 7.23. The van der Waals surface area contributed by atoms with Crippen molar-refractivity contribution in [3.05, 3.63) is 83.9 Å². The van der Waals surface area contributed by atoms with Crippen LogP contribution in [0.5, 0.6) is 5.75 Å². The monoisotopic (exact) mass is 396 g/mol. The van der Waals surface area contributed by atoms with Gasteiger partial charge in [0.1, 0.15) is 5.75 Å². The third-order valence-electron chi connectivity index (χ3n) is 5.47. The van der Waals surface area contributed by atoms with Crippen LogP contribution in [-0.4, -0.2) is 23.1 Å². The number of hydrogen-bond acceptors (Lipinski definition) is 3. The van der Waals surface area contributed by atoms with Crippen LogP contribution in [0.1, 0.15) is 15.9 Å². The summed E-state index contributed by atoms with van der Waals surface area (Å²) in [6.07, 6.45) is 0. The van der Waals surface area contributed by atoms with Crippen LogP contribution >= 0.6 is 0 Å². The van der Waals surface area contributed by atoms with Crippen molar-refractivity contribution in [1.82, 2.24) is 4.98 Å². The Labute approximate surface area is 172 Å². The average Bonchev–Trinajstić information content (AvgIpc) is 3.17. The summed E-state index contributed by atoms with van der Waals surface area (Å²) in [4.78, 5) is 16.3. The van der Waals surface area contributed by atoms with E-state index in [0.29, 0.717) is 16.8 Å². The number of anilines is 1. The van der Waals surface area contributed by atoms with Crippen LogP contribution in [0, 0.1) is 0 Å². The first-order chi connectivity index (χ1) is 14.7. The van der Waals surface area contributed by atoms with Crippen LogP contribution in [0.3, 0.4) is 0 Å². The van der Waals surface area contributed by atoms with Gasteiger partial charge in [0, 0.05) is 32.9 Å². The number of aliphatic hydroxyl groups is 1. The second kappa shape index (κ2) is 7.21. The van der Waals surface area contributed by atoms with Crippen molar-refractivity contribution in [2.24, 2.45) is 0 Å². The lowest BCUT2D eigenvalue weighted by atomic mass is 9.98.